The number of carbonyl (C=O) groups is 1. The lowest BCUT2D eigenvalue weighted by Crippen LogP contribution is -2.21. The number of nitrogens with zero attached hydrogens (tertiary/aromatic N) is 3. The van der Waals surface area contributed by atoms with Gasteiger partial charge in [0, 0.05) is 34.2 Å². The van der Waals surface area contributed by atoms with Crippen LogP contribution in [0.15, 0.2) is 58.9 Å². The van der Waals surface area contributed by atoms with Crippen LogP contribution in [0.2, 0.25) is 5.02 Å². The molecule has 7 nitrogen and oxygen atoms in total. The van der Waals surface area contributed by atoms with Crippen molar-refractivity contribution in [1.82, 2.24) is 4.57 Å². The molecule has 0 spiro atoms. The number of benzene rings is 2. The van der Waals surface area contributed by atoms with Gasteiger partial charge in [-0.1, -0.05) is 29.8 Å². The van der Waals surface area contributed by atoms with Crippen molar-refractivity contribution in [2.45, 2.75) is 6.54 Å². The predicted molar refractivity (Wildman–Crippen MR) is 107 cm³/mol. The third kappa shape index (κ3) is 4.27. The van der Waals surface area contributed by atoms with Gasteiger partial charge in [-0.05, 0) is 29.8 Å². The molecule has 2 aromatic carbocycles. The van der Waals surface area contributed by atoms with Crippen LogP contribution in [0.3, 0.4) is 0 Å². The third-order valence-corrected chi connectivity index (χ3v) is 4.22. The SMILES string of the molecule is COC(=O)c1ccc2c(/C=N/N=C(N)N)cn(Cc3ccc(Cl)cc3)c2c1. The van der Waals surface area contributed by atoms with Crippen molar-refractivity contribution in [2.75, 3.05) is 7.11 Å². The Balaban J connectivity index is 2.08. The van der Waals surface area contributed by atoms with E-state index in [-0.39, 0.29) is 5.96 Å². The van der Waals surface area contributed by atoms with Crippen LogP contribution in [-0.4, -0.2) is 29.8 Å². The van der Waals surface area contributed by atoms with Crippen molar-refractivity contribution in [1.29, 1.82) is 0 Å². The summed E-state index contributed by atoms with van der Waals surface area (Å²) in [5, 5.41) is 9.10. The quantitative estimate of drug-likeness (QED) is 0.305. The Morgan fingerprint density at radius 3 is 2.63 bits per heavy atom. The number of aromatic nitrogens is 1. The highest BCUT2D eigenvalue weighted by atomic mass is 35.5. The minimum absolute atomic E-state index is 0.121. The van der Waals surface area contributed by atoms with Crippen molar-refractivity contribution < 1.29 is 9.53 Å². The third-order valence-electron chi connectivity index (χ3n) is 3.97. The maximum Gasteiger partial charge on any atom is 0.337 e. The second-order valence-electron chi connectivity index (χ2n) is 5.83. The van der Waals surface area contributed by atoms with E-state index in [0.29, 0.717) is 17.1 Å². The van der Waals surface area contributed by atoms with Gasteiger partial charge in [0.05, 0.1) is 18.9 Å². The summed E-state index contributed by atoms with van der Waals surface area (Å²) < 4.78 is 6.84. The molecule has 8 heteroatoms. The van der Waals surface area contributed by atoms with Gasteiger partial charge >= 0.3 is 5.97 Å². The van der Waals surface area contributed by atoms with Gasteiger partial charge in [0.1, 0.15) is 0 Å². The molecular formula is C19H18ClN5O2. The highest BCUT2D eigenvalue weighted by Crippen LogP contribution is 2.24. The Morgan fingerprint density at radius 1 is 1.22 bits per heavy atom. The van der Waals surface area contributed by atoms with Crippen LogP contribution in [0, 0.1) is 0 Å². The molecule has 1 heterocycles. The number of carbonyl (C=O) groups excluding carboxylic acids is 1. The Bertz CT molecular complexity index is 1030. The van der Waals surface area contributed by atoms with Crippen LogP contribution < -0.4 is 11.5 Å². The molecule has 0 bridgehead atoms. The Morgan fingerprint density at radius 2 is 1.96 bits per heavy atom. The fourth-order valence-corrected chi connectivity index (χ4v) is 2.87. The molecule has 0 radical (unpaired) electrons. The molecule has 0 amide bonds. The van der Waals surface area contributed by atoms with Gasteiger partial charge in [0.25, 0.3) is 0 Å². The normalized spacial score (nSPS) is 11.0. The van der Waals surface area contributed by atoms with Crippen molar-refractivity contribution >= 4 is 40.6 Å². The van der Waals surface area contributed by atoms with E-state index in [0.717, 1.165) is 22.0 Å². The summed E-state index contributed by atoms with van der Waals surface area (Å²) in [6.07, 6.45) is 3.49. The first-order chi connectivity index (χ1) is 13.0. The van der Waals surface area contributed by atoms with Crippen LogP contribution in [0.4, 0.5) is 0 Å². The number of nitrogens with two attached hydrogens (primary N) is 2. The van der Waals surface area contributed by atoms with E-state index in [1.54, 1.807) is 18.3 Å². The summed E-state index contributed by atoms with van der Waals surface area (Å²) >= 11 is 5.96. The molecule has 0 saturated heterocycles. The van der Waals surface area contributed by atoms with Gasteiger partial charge in [-0.2, -0.15) is 5.10 Å². The van der Waals surface area contributed by atoms with Crippen molar-refractivity contribution in [3.63, 3.8) is 0 Å². The Labute approximate surface area is 160 Å². The number of ether oxygens (including phenoxy) is 1. The lowest BCUT2D eigenvalue weighted by atomic mass is 10.1. The summed E-state index contributed by atoms with van der Waals surface area (Å²) in [6.45, 7) is 0.592. The molecule has 1 aromatic heterocycles. The second-order valence-corrected chi connectivity index (χ2v) is 6.27. The molecule has 3 rings (SSSR count). The first-order valence-electron chi connectivity index (χ1n) is 8.05. The topological polar surface area (TPSA) is 108 Å². The van der Waals surface area contributed by atoms with E-state index in [9.17, 15) is 4.79 Å². The van der Waals surface area contributed by atoms with Gasteiger partial charge in [-0.3, -0.25) is 0 Å². The Kier molecular flexibility index (Phi) is 5.42. The van der Waals surface area contributed by atoms with Crippen LogP contribution in [0.25, 0.3) is 10.9 Å². The zero-order valence-corrected chi connectivity index (χ0v) is 15.3. The van der Waals surface area contributed by atoms with Gasteiger partial charge in [0.15, 0.2) is 0 Å². The average Bonchev–Trinajstić information content (AvgIpc) is 2.99. The van der Waals surface area contributed by atoms with Gasteiger partial charge in [-0.25, -0.2) is 4.79 Å². The summed E-state index contributed by atoms with van der Waals surface area (Å²) in [5.74, 6) is -0.518. The van der Waals surface area contributed by atoms with E-state index in [1.165, 1.54) is 7.11 Å². The fraction of sp³-hybridized carbons (Fsp3) is 0.105. The minimum atomic E-state index is -0.396. The molecule has 0 aliphatic carbocycles. The molecule has 4 N–H and O–H groups in total. The minimum Gasteiger partial charge on any atom is -0.465 e. The Hall–Kier alpha value is -3.32. The lowest BCUT2D eigenvalue weighted by molar-refractivity contribution is 0.0601. The fourth-order valence-electron chi connectivity index (χ4n) is 2.74. The first-order valence-corrected chi connectivity index (χ1v) is 8.43. The van der Waals surface area contributed by atoms with E-state index < -0.39 is 5.97 Å². The zero-order valence-electron chi connectivity index (χ0n) is 14.6. The van der Waals surface area contributed by atoms with Crippen LogP contribution in [0.5, 0.6) is 0 Å². The van der Waals surface area contributed by atoms with Crippen molar-refractivity contribution in [3.05, 3.63) is 70.4 Å². The molecule has 0 aliphatic heterocycles. The maximum absolute atomic E-state index is 11.9. The van der Waals surface area contributed by atoms with Crippen molar-refractivity contribution in [3.8, 4) is 0 Å². The first kappa shape index (κ1) is 18.5. The van der Waals surface area contributed by atoms with E-state index in [4.69, 9.17) is 27.8 Å². The van der Waals surface area contributed by atoms with Crippen LogP contribution >= 0.6 is 11.6 Å². The summed E-state index contributed by atoms with van der Waals surface area (Å²) in [6, 6.07) is 12.9. The number of halogens is 1. The number of esters is 1. The monoisotopic (exact) mass is 383 g/mol. The van der Waals surface area contributed by atoms with Gasteiger partial charge in [0.2, 0.25) is 5.96 Å². The number of fused-ring (bicyclic) bond motifs is 1. The van der Waals surface area contributed by atoms with E-state index in [2.05, 4.69) is 10.2 Å². The number of hydrogen-bond donors (Lipinski definition) is 2. The predicted octanol–water partition coefficient (Wildman–Crippen LogP) is 2.74. The summed E-state index contributed by atoms with van der Waals surface area (Å²) in [7, 11) is 1.35. The maximum atomic E-state index is 11.9. The molecule has 0 atom stereocenters. The average molecular weight is 384 g/mol. The molecule has 0 fully saturated rings. The summed E-state index contributed by atoms with van der Waals surface area (Å²) in [4.78, 5) is 11.9. The van der Waals surface area contributed by atoms with Gasteiger partial charge < -0.3 is 20.8 Å². The van der Waals surface area contributed by atoms with Crippen molar-refractivity contribution in [2.24, 2.45) is 21.7 Å². The van der Waals surface area contributed by atoms with E-state index >= 15 is 0 Å². The molecule has 27 heavy (non-hydrogen) atoms. The van der Waals surface area contributed by atoms with Crippen LogP contribution in [0.1, 0.15) is 21.5 Å². The standard InChI is InChI=1S/C19H18ClN5O2/c1-27-18(26)13-4-7-16-14(9-23-24-19(21)22)11-25(17(16)8-13)10-12-2-5-15(20)6-3-12/h2-9,11H,10H2,1H3,(H4,21,22,24)/b23-9+. The molecule has 0 unspecified atom stereocenters. The zero-order chi connectivity index (χ0) is 19.4. The second kappa shape index (κ2) is 7.92. The smallest absolute Gasteiger partial charge is 0.337 e. The number of methoxy groups -OCH3 is 1. The highest BCUT2D eigenvalue weighted by molar-refractivity contribution is 6.30. The number of guanidine groups is 1. The molecule has 138 valence electrons. The molecule has 0 aliphatic rings. The summed E-state index contributed by atoms with van der Waals surface area (Å²) in [5.41, 5.74) is 13.8. The largest absolute Gasteiger partial charge is 0.465 e. The van der Waals surface area contributed by atoms with Crippen LogP contribution in [-0.2, 0) is 11.3 Å². The van der Waals surface area contributed by atoms with E-state index in [1.807, 2.05) is 41.1 Å². The molecule has 3 aromatic rings. The number of rotatable bonds is 5. The molecule has 0 saturated carbocycles. The number of hydrogen-bond acceptors (Lipinski definition) is 4. The highest BCUT2D eigenvalue weighted by Gasteiger charge is 2.12. The lowest BCUT2D eigenvalue weighted by Gasteiger charge is -2.07. The van der Waals surface area contributed by atoms with Gasteiger partial charge in [-0.15, -0.1) is 5.10 Å². The molecular weight excluding hydrogens is 366 g/mol.